The van der Waals surface area contributed by atoms with Crippen LogP contribution in [0, 0.1) is 5.92 Å². The summed E-state index contributed by atoms with van der Waals surface area (Å²) in [6.07, 6.45) is -11.8. The molecule has 0 bridgehead atoms. The van der Waals surface area contributed by atoms with Crippen LogP contribution in [0.15, 0.2) is 0 Å². The number of nitrogens with zero attached hydrogens (tertiary/aromatic N) is 1. The maximum Gasteiger partial charge on any atom is 0.429 e. The Morgan fingerprint density at radius 3 is 1.88 bits per heavy atom. The lowest BCUT2D eigenvalue weighted by Gasteiger charge is -2.32. The van der Waals surface area contributed by atoms with Gasteiger partial charge >= 0.3 is 29.9 Å². The lowest BCUT2D eigenvalue weighted by Crippen LogP contribution is -2.68. The lowest BCUT2D eigenvalue weighted by atomic mass is 9.97. The van der Waals surface area contributed by atoms with Crippen molar-refractivity contribution in [1.82, 2.24) is 10.2 Å². The molecule has 26 heavy (non-hydrogen) atoms. The van der Waals surface area contributed by atoms with E-state index in [4.69, 9.17) is 4.74 Å². The van der Waals surface area contributed by atoms with Crippen molar-refractivity contribution in [2.24, 2.45) is 5.92 Å². The first kappa shape index (κ1) is 20.3. The van der Waals surface area contributed by atoms with Crippen LogP contribution in [0.25, 0.3) is 0 Å². The number of hydrogen-bond donors (Lipinski definition) is 1. The molecule has 3 amide bonds. The molecule has 2 aliphatic rings. The number of carbonyl (C=O) groups is 3. The van der Waals surface area contributed by atoms with Gasteiger partial charge in [0, 0.05) is 0 Å². The van der Waals surface area contributed by atoms with Crippen molar-refractivity contribution in [3.8, 4) is 0 Å². The van der Waals surface area contributed by atoms with Crippen molar-refractivity contribution in [2.75, 3.05) is 0 Å². The molecule has 2 fully saturated rings. The monoisotopic (exact) mass is 390 g/mol. The van der Waals surface area contributed by atoms with Gasteiger partial charge in [0.2, 0.25) is 0 Å². The molecule has 1 atom stereocenters. The van der Waals surface area contributed by atoms with Gasteiger partial charge in [-0.25, -0.2) is 14.5 Å². The summed E-state index contributed by atoms with van der Waals surface area (Å²) in [4.78, 5) is 36.1. The summed E-state index contributed by atoms with van der Waals surface area (Å²) in [5.41, 5.74) is -6.21. The van der Waals surface area contributed by atoms with E-state index in [-0.39, 0.29) is 17.7 Å². The Morgan fingerprint density at radius 1 is 1.12 bits per heavy atom. The molecule has 148 valence electrons. The second-order valence-corrected chi connectivity index (χ2v) is 7.17. The topological polar surface area (TPSA) is 75.7 Å². The van der Waals surface area contributed by atoms with E-state index in [1.807, 2.05) is 0 Å². The Labute approximate surface area is 143 Å². The number of hydrogen-bond acceptors (Lipinski definition) is 4. The summed E-state index contributed by atoms with van der Waals surface area (Å²) in [5.74, 6) is -4.56. The number of amides is 3. The second kappa shape index (κ2) is 5.74. The van der Waals surface area contributed by atoms with Crippen LogP contribution in [0.5, 0.6) is 0 Å². The third kappa shape index (κ3) is 3.20. The van der Waals surface area contributed by atoms with Gasteiger partial charge in [0.05, 0.1) is 0 Å². The van der Waals surface area contributed by atoms with Crippen LogP contribution >= 0.6 is 0 Å². The molecule has 0 aromatic carbocycles. The first-order chi connectivity index (χ1) is 11.5. The zero-order valence-corrected chi connectivity index (χ0v) is 13.9. The van der Waals surface area contributed by atoms with E-state index in [0.29, 0.717) is 5.32 Å². The molecule has 0 unspecified atom stereocenters. The number of alkyl halides is 6. The predicted octanol–water partition coefficient (Wildman–Crippen LogP) is 2.52. The SMILES string of the molecule is CC(C)(C)OC(=O)[C@H](C1CC1)N1C(=O)NC(C(F)(F)F)(C(F)(F)F)C1=O. The number of urea groups is 1. The molecule has 1 aliphatic carbocycles. The van der Waals surface area contributed by atoms with Crippen molar-refractivity contribution in [1.29, 1.82) is 0 Å². The van der Waals surface area contributed by atoms with Gasteiger partial charge in [-0.05, 0) is 39.5 Å². The van der Waals surface area contributed by atoms with Gasteiger partial charge in [-0.3, -0.25) is 4.79 Å². The van der Waals surface area contributed by atoms with E-state index < -0.39 is 53.4 Å². The Hall–Kier alpha value is -2.01. The third-order valence-electron chi connectivity index (χ3n) is 3.90. The highest BCUT2D eigenvalue weighted by atomic mass is 19.4. The summed E-state index contributed by atoms with van der Waals surface area (Å²) in [5, 5.41) is 0.708. The number of rotatable bonds is 3. The van der Waals surface area contributed by atoms with Gasteiger partial charge in [-0.15, -0.1) is 0 Å². The minimum Gasteiger partial charge on any atom is -0.458 e. The van der Waals surface area contributed by atoms with Crippen LogP contribution in [-0.2, 0) is 14.3 Å². The minimum absolute atomic E-state index is 0.256. The van der Waals surface area contributed by atoms with Crippen molar-refractivity contribution in [3.05, 3.63) is 0 Å². The van der Waals surface area contributed by atoms with Gasteiger partial charge in [0.15, 0.2) is 0 Å². The highest BCUT2D eigenvalue weighted by molar-refractivity contribution is 6.10. The Morgan fingerprint density at radius 2 is 1.58 bits per heavy atom. The fourth-order valence-electron chi connectivity index (χ4n) is 2.63. The molecule has 1 saturated carbocycles. The number of esters is 1. The smallest absolute Gasteiger partial charge is 0.429 e. The van der Waals surface area contributed by atoms with E-state index >= 15 is 0 Å². The fourth-order valence-corrected chi connectivity index (χ4v) is 2.63. The molecular weight excluding hydrogens is 374 g/mol. The average molecular weight is 390 g/mol. The number of ether oxygens (including phenoxy) is 1. The molecule has 1 aliphatic heterocycles. The maximum atomic E-state index is 13.2. The fraction of sp³-hybridized carbons (Fsp3) is 0.786. The van der Waals surface area contributed by atoms with Crippen molar-refractivity contribution < 1.29 is 45.5 Å². The van der Waals surface area contributed by atoms with Crippen LogP contribution in [0.3, 0.4) is 0 Å². The van der Waals surface area contributed by atoms with Crippen molar-refractivity contribution >= 4 is 17.9 Å². The standard InChI is InChI=1S/C14H16F6N2O4/c1-11(2,3)26-8(23)7(6-4-5-6)22-9(24)12(13(15,16)17,14(18,19)20)21-10(22)25/h6-7H,4-5H2,1-3H3,(H,21,25)/t7-/m0/s1. The molecule has 1 N–H and O–H groups in total. The first-order valence-electron chi connectivity index (χ1n) is 7.55. The predicted molar refractivity (Wildman–Crippen MR) is 72.6 cm³/mol. The molecule has 1 heterocycles. The summed E-state index contributed by atoms with van der Waals surface area (Å²) < 4.78 is 84.0. The van der Waals surface area contributed by atoms with Crippen LogP contribution in [0.2, 0.25) is 0 Å². The summed E-state index contributed by atoms with van der Waals surface area (Å²) >= 11 is 0. The van der Waals surface area contributed by atoms with E-state index in [0.717, 1.165) is 0 Å². The second-order valence-electron chi connectivity index (χ2n) is 7.17. The molecule has 0 aromatic heterocycles. The normalized spacial score (nSPS) is 22.3. The number of nitrogens with one attached hydrogen (secondary N) is 1. The highest BCUT2D eigenvalue weighted by Crippen LogP contribution is 2.48. The van der Waals surface area contributed by atoms with E-state index in [2.05, 4.69) is 0 Å². The van der Waals surface area contributed by atoms with Crippen LogP contribution < -0.4 is 5.32 Å². The lowest BCUT2D eigenvalue weighted by molar-refractivity contribution is -0.290. The summed E-state index contributed by atoms with van der Waals surface area (Å²) in [6.45, 7) is 4.28. The molecule has 0 radical (unpaired) electrons. The Kier molecular flexibility index (Phi) is 4.49. The zero-order valence-electron chi connectivity index (χ0n) is 13.9. The zero-order chi connectivity index (χ0) is 20.3. The van der Waals surface area contributed by atoms with Gasteiger partial charge in [0.1, 0.15) is 11.6 Å². The molecule has 6 nitrogen and oxygen atoms in total. The van der Waals surface area contributed by atoms with Gasteiger partial charge < -0.3 is 10.1 Å². The van der Waals surface area contributed by atoms with E-state index in [1.165, 1.54) is 20.8 Å². The van der Waals surface area contributed by atoms with Gasteiger partial charge in [-0.2, -0.15) is 26.3 Å². The van der Waals surface area contributed by atoms with Crippen molar-refractivity contribution in [3.63, 3.8) is 0 Å². The van der Waals surface area contributed by atoms with Crippen LogP contribution in [-0.4, -0.2) is 52.3 Å². The molecule has 0 spiro atoms. The minimum atomic E-state index is -6.14. The van der Waals surface area contributed by atoms with Crippen LogP contribution in [0.1, 0.15) is 33.6 Å². The van der Waals surface area contributed by atoms with E-state index in [9.17, 15) is 40.7 Å². The molecule has 12 heteroatoms. The first-order valence-corrected chi connectivity index (χ1v) is 7.55. The Balaban J connectivity index is 2.47. The average Bonchev–Trinajstić information content (AvgIpc) is 3.15. The van der Waals surface area contributed by atoms with Crippen LogP contribution in [0.4, 0.5) is 31.1 Å². The molecule has 1 saturated heterocycles. The van der Waals surface area contributed by atoms with Crippen molar-refractivity contribution in [2.45, 2.75) is 63.1 Å². The van der Waals surface area contributed by atoms with Gasteiger partial charge in [0.25, 0.3) is 5.91 Å². The number of carbonyl (C=O) groups excluding carboxylic acids is 3. The molecule has 0 aromatic rings. The molecule has 2 rings (SSSR count). The maximum absolute atomic E-state index is 13.2. The largest absolute Gasteiger partial charge is 0.458 e. The third-order valence-corrected chi connectivity index (χ3v) is 3.90. The molecular formula is C14H16F6N2O4. The number of imide groups is 1. The Bertz CT molecular complexity index is 619. The number of halogens is 6. The quantitative estimate of drug-likeness (QED) is 0.457. The van der Waals surface area contributed by atoms with Gasteiger partial charge in [-0.1, -0.05) is 0 Å². The summed E-state index contributed by atoms with van der Waals surface area (Å²) in [6, 6.07) is -3.79. The highest BCUT2D eigenvalue weighted by Gasteiger charge is 2.81. The summed E-state index contributed by atoms with van der Waals surface area (Å²) in [7, 11) is 0. The van der Waals surface area contributed by atoms with E-state index in [1.54, 1.807) is 0 Å².